The van der Waals surface area contributed by atoms with Crippen molar-refractivity contribution in [3.05, 3.63) is 0 Å². The molecule has 2 aliphatic rings. The summed E-state index contributed by atoms with van der Waals surface area (Å²) in [6.07, 6.45) is 0.597. The lowest BCUT2D eigenvalue weighted by atomic mass is 10.0. The number of rotatable bonds is 6. The van der Waals surface area contributed by atoms with Crippen LogP contribution in [-0.4, -0.2) is 82.8 Å². The first kappa shape index (κ1) is 18.7. The van der Waals surface area contributed by atoms with Crippen molar-refractivity contribution in [1.82, 2.24) is 14.7 Å². The largest absolute Gasteiger partial charge is 0.341 e. The first-order valence-electron chi connectivity index (χ1n) is 8.70. The van der Waals surface area contributed by atoms with Gasteiger partial charge in [-0.15, -0.1) is 0 Å². The Labute approximate surface area is 144 Å². The minimum Gasteiger partial charge on any atom is -0.341 e. The van der Waals surface area contributed by atoms with Gasteiger partial charge in [0.15, 0.2) is 5.12 Å². The second-order valence-corrected chi connectivity index (χ2v) is 8.58. The van der Waals surface area contributed by atoms with Gasteiger partial charge in [0.25, 0.3) is 0 Å². The Hall–Kier alpha value is -0.590. The Bertz CT molecular complexity index is 434. The Morgan fingerprint density at radius 1 is 1.26 bits per heavy atom. The van der Waals surface area contributed by atoms with Gasteiger partial charge in [-0.3, -0.25) is 14.5 Å². The highest BCUT2D eigenvalue weighted by Crippen LogP contribution is 2.26. The first-order valence-corrected chi connectivity index (χ1v) is 9.69. The van der Waals surface area contributed by atoms with Gasteiger partial charge in [0.05, 0.1) is 0 Å². The molecule has 2 fully saturated rings. The molecule has 2 rings (SSSR count). The maximum atomic E-state index is 12.3. The standard InChI is InChI=1S/C17H31N3O2S/c1-5-18-6-8-20(9-7-18)17(3,4)13-19-11-15(10-16(19)22)12-23-14(2)21/h15H,5-13H2,1-4H3. The van der Waals surface area contributed by atoms with Crippen molar-refractivity contribution in [2.45, 2.75) is 39.7 Å². The van der Waals surface area contributed by atoms with Crippen LogP contribution in [0.3, 0.4) is 0 Å². The van der Waals surface area contributed by atoms with E-state index in [1.165, 1.54) is 11.8 Å². The third-order valence-electron chi connectivity index (χ3n) is 5.07. The van der Waals surface area contributed by atoms with Gasteiger partial charge in [-0.1, -0.05) is 18.7 Å². The summed E-state index contributed by atoms with van der Waals surface area (Å²) in [6.45, 7) is 15.4. The van der Waals surface area contributed by atoms with Crippen molar-refractivity contribution in [1.29, 1.82) is 0 Å². The average molecular weight is 342 g/mol. The normalized spacial score (nSPS) is 24.4. The summed E-state index contributed by atoms with van der Waals surface area (Å²) in [5.41, 5.74) is 0.0120. The van der Waals surface area contributed by atoms with E-state index in [2.05, 4.69) is 30.6 Å². The number of likely N-dealkylation sites (N-methyl/N-ethyl adjacent to an activating group) is 1. The molecule has 0 aliphatic carbocycles. The summed E-state index contributed by atoms with van der Waals surface area (Å²) in [6, 6.07) is 0. The molecule has 5 nitrogen and oxygen atoms in total. The topological polar surface area (TPSA) is 43.9 Å². The second kappa shape index (κ2) is 7.99. The fourth-order valence-electron chi connectivity index (χ4n) is 3.59. The molecule has 0 aromatic carbocycles. The van der Waals surface area contributed by atoms with Gasteiger partial charge in [-0.05, 0) is 26.3 Å². The molecule has 23 heavy (non-hydrogen) atoms. The zero-order valence-electron chi connectivity index (χ0n) is 15.0. The molecule has 0 radical (unpaired) electrons. The Balaban J connectivity index is 1.85. The monoisotopic (exact) mass is 341 g/mol. The van der Waals surface area contributed by atoms with Gasteiger partial charge in [0, 0.05) is 63.9 Å². The summed E-state index contributed by atoms with van der Waals surface area (Å²) in [7, 11) is 0. The SMILES string of the molecule is CCN1CCN(C(C)(C)CN2CC(CSC(C)=O)CC2=O)CC1. The van der Waals surface area contributed by atoms with Crippen LogP contribution in [0.25, 0.3) is 0 Å². The third kappa shape index (κ3) is 5.19. The highest BCUT2D eigenvalue weighted by atomic mass is 32.2. The highest BCUT2D eigenvalue weighted by Gasteiger charge is 2.37. The van der Waals surface area contributed by atoms with E-state index in [4.69, 9.17) is 0 Å². The molecule has 0 N–H and O–H groups in total. The van der Waals surface area contributed by atoms with Crippen molar-refractivity contribution in [3.63, 3.8) is 0 Å². The molecule has 2 saturated heterocycles. The van der Waals surface area contributed by atoms with Crippen molar-refractivity contribution >= 4 is 22.8 Å². The molecule has 1 atom stereocenters. The van der Waals surface area contributed by atoms with Gasteiger partial charge in [0.2, 0.25) is 5.91 Å². The van der Waals surface area contributed by atoms with Gasteiger partial charge < -0.3 is 9.80 Å². The van der Waals surface area contributed by atoms with Crippen LogP contribution in [0.15, 0.2) is 0 Å². The van der Waals surface area contributed by atoms with Gasteiger partial charge in [-0.25, -0.2) is 0 Å². The molecule has 0 bridgehead atoms. The minimum atomic E-state index is 0.0120. The number of hydrogen-bond acceptors (Lipinski definition) is 5. The lowest BCUT2D eigenvalue weighted by Crippen LogP contribution is -2.58. The number of nitrogens with zero attached hydrogens (tertiary/aromatic N) is 3. The molecule has 2 aliphatic heterocycles. The van der Waals surface area contributed by atoms with E-state index in [0.717, 1.165) is 51.6 Å². The Morgan fingerprint density at radius 3 is 2.48 bits per heavy atom. The number of carbonyl (C=O) groups excluding carboxylic acids is 2. The summed E-state index contributed by atoms with van der Waals surface area (Å²) >= 11 is 1.35. The molecule has 132 valence electrons. The fourth-order valence-corrected chi connectivity index (χ4v) is 4.28. The van der Waals surface area contributed by atoms with E-state index in [-0.39, 0.29) is 16.6 Å². The predicted octanol–water partition coefficient (Wildman–Crippen LogP) is 1.53. The Kier molecular flexibility index (Phi) is 6.51. The van der Waals surface area contributed by atoms with Crippen LogP contribution < -0.4 is 0 Å². The molecule has 0 saturated carbocycles. The van der Waals surface area contributed by atoms with Crippen LogP contribution in [-0.2, 0) is 9.59 Å². The fraction of sp³-hybridized carbons (Fsp3) is 0.882. The van der Waals surface area contributed by atoms with E-state index in [1.54, 1.807) is 6.92 Å². The van der Waals surface area contributed by atoms with Crippen molar-refractivity contribution in [2.75, 3.05) is 51.6 Å². The quantitative estimate of drug-likeness (QED) is 0.733. The smallest absolute Gasteiger partial charge is 0.223 e. The molecule has 2 heterocycles. The molecular weight excluding hydrogens is 310 g/mol. The molecule has 0 aromatic heterocycles. The van der Waals surface area contributed by atoms with E-state index in [0.29, 0.717) is 12.3 Å². The van der Waals surface area contributed by atoms with Crippen molar-refractivity contribution < 1.29 is 9.59 Å². The summed E-state index contributed by atoms with van der Waals surface area (Å²) in [5, 5.41) is 0.144. The lowest BCUT2D eigenvalue weighted by Gasteiger charge is -2.45. The van der Waals surface area contributed by atoms with Crippen LogP contribution in [0, 0.1) is 5.92 Å². The first-order chi connectivity index (χ1) is 10.8. The van der Waals surface area contributed by atoms with Crippen LogP contribution in [0.1, 0.15) is 34.1 Å². The van der Waals surface area contributed by atoms with E-state index < -0.39 is 0 Å². The van der Waals surface area contributed by atoms with E-state index >= 15 is 0 Å². The molecule has 0 spiro atoms. The van der Waals surface area contributed by atoms with Crippen LogP contribution in [0.2, 0.25) is 0 Å². The average Bonchev–Trinajstić information content (AvgIpc) is 2.85. The summed E-state index contributed by atoms with van der Waals surface area (Å²) in [5.74, 6) is 1.34. The third-order valence-corrected chi connectivity index (χ3v) is 6.11. The maximum absolute atomic E-state index is 12.3. The van der Waals surface area contributed by atoms with Crippen LogP contribution in [0.5, 0.6) is 0 Å². The molecule has 6 heteroatoms. The van der Waals surface area contributed by atoms with E-state index in [1.807, 2.05) is 4.90 Å². The molecule has 1 unspecified atom stereocenters. The number of piperazine rings is 1. The number of thioether (sulfide) groups is 1. The zero-order valence-corrected chi connectivity index (χ0v) is 15.8. The van der Waals surface area contributed by atoms with Gasteiger partial charge >= 0.3 is 0 Å². The molecular formula is C17H31N3O2S. The predicted molar refractivity (Wildman–Crippen MR) is 95.6 cm³/mol. The summed E-state index contributed by atoms with van der Waals surface area (Å²) in [4.78, 5) is 30.4. The summed E-state index contributed by atoms with van der Waals surface area (Å²) < 4.78 is 0. The number of amides is 1. The maximum Gasteiger partial charge on any atom is 0.223 e. The van der Waals surface area contributed by atoms with E-state index in [9.17, 15) is 9.59 Å². The van der Waals surface area contributed by atoms with Crippen LogP contribution >= 0.6 is 11.8 Å². The minimum absolute atomic E-state index is 0.0120. The number of hydrogen-bond donors (Lipinski definition) is 0. The Morgan fingerprint density at radius 2 is 1.91 bits per heavy atom. The van der Waals surface area contributed by atoms with Crippen molar-refractivity contribution in [2.24, 2.45) is 5.92 Å². The zero-order chi connectivity index (χ0) is 17.0. The van der Waals surface area contributed by atoms with Crippen molar-refractivity contribution in [3.8, 4) is 0 Å². The highest BCUT2D eigenvalue weighted by molar-refractivity contribution is 8.13. The van der Waals surface area contributed by atoms with Gasteiger partial charge in [-0.2, -0.15) is 0 Å². The lowest BCUT2D eigenvalue weighted by molar-refractivity contribution is -0.129. The van der Waals surface area contributed by atoms with Gasteiger partial charge in [0.1, 0.15) is 0 Å². The number of carbonyl (C=O) groups is 2. The van der Waals surface area contributed by atoms with Crippen LogP contribution in [0.4, 0.5) is 0 Å². The molecule has 0 aromatic rings. The number of likely N-dealkylation sites (tertiary alicyclic amines) is 1. The molecule has 1 amide bonds. The second-order valence-electron chi connectivity index (χ2n) is 7.38.